The van der Waals surface area contributed by atoms with Gasteiger partial charge in [-0.25, -0.2) is 9.59 Å². The van der Waals surface area contributed by atoms with Gasteiger partial charge in [0.2, 0.25) is 0 Å². The second-order valence-electron chi connectivity index (χ2n) is 8.97. The fraction of sp³-hybridized carbons (Fsp3) is 0.423. The number of hydrogen-bond acceptors (Lipinski definition) is 6. The van der Waals surface area contributed by atoms with E-state index in [0.717, 1.165) is 17.7 Å². The number of amides is 3. The standard InChI is InChI=1S/C26H31N3O6/c1-17-13-18(15-23(34-2)24(17)31)14-21(16-30)35-26(33)28-10-8-20(9-11-28)29-12-7-19-5-3-4-6-22(19)27-25(29)32/h3-6,13,15-16,20-21,31H,7-12,14H2,1-2H3,(H,27,32). The number of hydrogen-bond donors (Lipinski definition) is 2. The number of methoxy groups -OCH3 is 1. The summed E-state index contributed by atoms with van der Waals surface area (Å²) in [5.74, 6) is 0.347. The molecule has 2 aromatic rings. The van der Waals surface area contributed by atoms with Crippen LogP contribution < -0.4 is 10.1 Å². The van der Waals surface area contributed by atoms with Crippen LogP contribution in [0.4, 0.5) is 15.3 Å². The number of aryl methyl sites for hydroxylation is 1. The average Bonchev–Trinajstić information content (AvgIpc) is 3.03. The Bertz CT molecular complexity index is 1100. The van der Waals surface area contributed by atoms with Crippen molar-refractivity contribution < 1.29 is 29.0 Å². The summed E-state index contributed by atoms with van der Waals surface area (Å²) < 4.78 is 10.6. The van der Waals surface area contributed by atoms with Crippen LogP contribution in [0, 0.1) is 6.92 Å². The first kappa shape index (κ1) is 24.4. The molecule has 2 aromatic carbocycles. The Morgan fingerprint density at radius 2 is 1.97 bits per heavy atom. The Morgan fingerprint density at radius 1 is 1.23 bits per heavy atom. The van der Waals surface area contributed by atoms with Gasteiger partial charge in [-0.3, -0.25) is 4.79 Å². The number of ether oxygens (including phenoxy) is 2. The molecule has 0 saturated carbocycles. The van der Waals surface area contributed by atoms with Gasteiger partial charge in [-0.05, 0) is 55.0 Å². The van der Waals surface area contributed by atoms with Gasteiger partial charge in [0.15, 0.2) is 23.9 Å². The van der Waals surface area contributed by atoms with Gasteiger partial charge in [-0.1, -0.05) is 24.3 Å². The third-order valence-electron chi connectivity index (χ3n) is 6.69. The van der Waals surface area contributed by atoms with Crippen LogP contribution in [0.5, 0.6) is 11.5 Å². The Kier molecular flexibility index (Phi) is 7.43. The summed E-state index contributed by atoms with van der Waals surface area (Å²) in [6.45, 7) is 3.24. The van der Waals surface area contributed by atoms with Gasteiger partial charge >= 0.3 is 12.1 Å². The molecule has 2 aliphatic rings. The van der Waals surface area contributed by atoms with Gasteiger partial charge in [0.1, 0.15) is 0 Å². The number of nitrogens with one attached hydrogen (secondary N) is 1. The maximum Gasteiger partial charge on any atom is 0.410 e. The Balaban J connectivity index is 1.31. The van der Waals surface area contributed by atoms with E-state index in [-0.39, 0.29) is 24.2 Å². The number of aromatic hydroxyl groups is 1. The van der Waals surface area contributed by atoms with E-state index < -0.39 is 12.2 Å². The molecule has 0 radical (unpaired) electrons. The highest BCUT2D eigenvalue weighted by atomic mass is 16.6. The lowest BCUT2D eigenvalue weighted by Gasteiger charge is -2.37. The van der Waals surface area contributed by atoms with Gasteiger partial charge in [0.05, 0.1) is 7.11 Å². The summed E-state index contributed by atoms with van der Waals surface area (Å²) in [4.78, 5) is 40.6. The van der Waals surface area contributed by atoms with Crippen LogP contribution >= 0.6 is 0 Å². The number of phenols is 1. The average molecular weight is 482 g/mol. The molecule has 0 aliphatic carbocycles. The van der Waals surface area contributed by atoms with E-state index in [1.54, 1.807) is 24.0 Å². The van der Waals surface area contributed by atoms with Crippen LogP contribution in [0.2, 0.25) is 0 Å². The van der Waals surface area contributed by atoms with Crippen LogP contribution in [0.3, 0.4) is 0 Å². The quantitative estimate of drug-likeness (QED) is 0.612. The second-order valence-corrected chi connectivity index (χ2v) is 8.97. The lowest BCUT2D eigenvalue weighted by atomic mass is 10.0. The third kappa shape index (κ3) is 5.50. The number of carbonyl (C=O) groups excluding carboxylic acids is 3. The smallest absolute Gasteiger partial charge is 0.410 e. The number of phenolic OH excluding ortho intramolecular Hbond substituents is 1. The highest BCUT2D eigenvalue weighted by molar-refractivity contribution is 5.91. The summed E-state index contributed by atoms with van der Waals surface area (Å²) in [5.41, 5.74) is 3.29. The minimum absolute atomic E-state index is 0.0302. The molecular formula is C26H31N3O6. The molecule has 0 aromatic heterocycles. The normalized spacial score (nSPS) is 17.1. The summed E-state index contributed by atoms with van der Waals surface area (Å²) >= 11 is 0. The highest BCUT2D eigenvalue weighted by Crippen LogP contribution is 2.31. The van der Waals surface area contributed by atoms with Crippen molar-refractivity contribution in [2.45, 2.75) is 44.8 Å². The zero-order valence-corrected chi connectivity index (χ0v) is 20.0. The number of benzene rings is 2. The molecule has 0 spiro atoms. The fourth-order valence-electron chi connectivity index (χ4n) is 4.74. The highest BCUT2D eigenvalue weighted by Gasteiger charge is 2.32. The molecule has 1 saturated heterocycles. The number of fused-ring (bicyclic) bond motifs is 1. The second kappa shape index (κ2) is 10.7. The number of carbonyl (C=O) groups is 3. The Morgan fingerprint density at radius 3 is 2.69 bits per heavy atom. The lowest BCUT2D eigenvalue weighted by molar-refractivity contribution is -0.115. The predicted molar refractivity (Wildman–Crippen MR) is 130 cm³/mol. The van der Waals surface area contributed by atoms with Gasteiger partial charge in [0.25, 0.3) is 0 Å². The molecule has 3 amide bonds. The number of aldehydes is 1. The molecule has 4 rings (SSSR count). The summed E-state index contributed by atoms with van der Waals surface area (Å²) in [6.07, 6.45) is 1.34. The fourth-order valence-corrected chi connectivity index (χ4v) is 4.74. The lowest BCUT2D eigenvalue weighted by Crippen LogP contribution is -2.50. The van der Waals surface area contributed by atoms with Gasteiger partial charge in [0, 0.05) is 37.8 Å². The maximum absolute atomic E-state index is 12.8. The molecule has 9 nitrogen and oxygen atoms in total. The first-order chi connectivity index (χ1) is 16.9. The van der Waals surface area contributed by atoms with E-state index in [2.05, 4.69) is 5.32 Å². The minimum Gasteiger partial charge on any atom is -0.504 e. The third-order valence-corrected chi connectivity index (χ3v) is 6.69. The minimum atomic E-state index is -0.955. The van der Waals surface area contributed by atoms with E-state index in [9.17, 15) is 19.5 Å². The van der Waals surface area contributed by atoms with E-state index >= 15 is 0 Å². The SMILES string of the molecule is COc1cc(CC(C=O)OC(=O)N2CCC(N3CCc4ccccc4NC3=O)CC2)cc(C)c1O. The van der Waals surface area contributed by atoms with Gasteiger partial charge in [-0.2, -0.15) is 0 Å². The van der Waals surface area contributed by atoms with Crippen molar-refractivity contribution in [2.75, 3.05) is 32.1 Å². The van der Waals surface area contributed by atoms with Gasteiger partial charge in [-0.15, -0.1) is 0 Å². The molecular weight excluding hydrogens is 450 g/mol. The number of anilines is 1. The van der Waals surface area contributed by atoms with Crippen LogP contribution in [0.15, 0.2) is 36.4 Å². The van der Waals surface area contributed by atoms with E-state index in [1.165, 1.54) is 7.11 Å². The molecule has 1 fully saturated rings. The van der Waals surface area contributed by atoms with Crippen LogP contribution in [-0.4, -0.2) is 72.2 Å². The number of likely N-dealkylation sites (tertiary alicyclic amines) is 1. The summed E-state index contributed by atoms with van der Waals surface area (Å²) in [7, 11) is 1.45. The van der Waals surface area contributed by atoms with Crippen LogP contribution in [0.1, 0.15) is 29.5 Å². The Labute approximate surface area is 204 Å². The summed E-state index contributed by atoms with van der Waals surface area (Å²) in [5, 5.41) is 13.0. The monoisotopic (exact) mass is 481 g/mol. The van der Waals surface area contributed by atoms with Crippen molar-refractivity contribution in [3.63, 3.8) is 0 Å². The van der Waals surface area contributed by atoms with E-state index in [4.69, 9.17) is 9.47 Å². The molecule has 2 heterocycles. The topological polar surface area (TPSA) is 108 Å². The zero-order chi connectivity index (χ0) is 24.9. The van der Waals surface area contributed by atoms with Crippen LogP contribution in [0.25, 0.3) is 0 Å². The zero-order valence-electron chi connectivity index (χ0n) is 20.0. The van der Waals surface area contributed by atoms with Crippen molar-refractivity contribution in [2.24, 2.45) is 0 Å². The largest absolute Gasteiger partial charge is 0.504 e. The number of piperidine rings is 1. The molecule has 0 bridgehead atoms. The molecule has 186 valence electrons. The number of urea groups is 1. The van der Waals surface area contributed by atoms with Crippen molar-refractivity contribution >= 4 is 24.1 Å². The van der Waals surface area contributed by atoms with Crippen molar-refractivity contribution in [3.05, 3.63) is 53.1 Å². The molecule has 9 heteroatoms. The molecule has 2 aliphatic heterocycles. The first-order valence-electron chi connectivity index (χ1n) is 11.8. The molecule has 1 unspecified atom stereocenters. The molecule has 1 atom stereocenters. The predicted octanol–water partition coefficient (Wildman–Crippen LogP) is 3.51. The van der Waals surface area contributed by atoms with Crippen molar-refractivity contribution in [1.29, 1.82) is 0 Å². The summed E-state index contributed by atoms with van der Waals surface area (Å²) in [6, 6.07) is 11.1. The van der Waals surface area contributed by atoms with E-state index in [1.807, 2.05) is 29.2 Å². The van der Waals surface area contributed by atoms with Crippen molar-refractivity contribution in [1.82, 2.24) is 9.80 Å². The Hall–Kier alpha value is -3.75. The number of nitrogens with zero attached hydrogens (tertiary/aromatic N) is 2. The number of para-hydroxylation sites is 1. The maximum atomic E-state index is 12.8. The van der Waals surface area contributed by atoms with Crippen LogP contribution in [-0.2, 0) is 22.4 Å². The van der Waals surface area contributed by atoms with Gasteiger partial charge < -0.3 is 29.7 Å². The van der Waals surface area contributed by atoms with E-state index in [0.29, 0.717) is 55.6 Å². The first-order valence-corrected chi connectivity index (χ1v) is 11.8. The number of rotatable bonds is 6. The van der Waals surface area contributed by atoms with Crippen molar-refractivity contribution in [3.8, 4) is 11.5 Å². The molecule has 2 N–H and O–H groups in total. The molecule has 35 heavy (non-hydrogen) atoms.